The average Bonchev–Trinajstić information content (AvgIpc) is 2.41. The van der Waals surface area contributed by atoms with Crippen LogP contribution in [-0.2, 0) is 17.6 Å². The van der Waals surface area contributed by atoms with Gasteiger partial charge in [0, 0.05) is 29.3 Å². The van der Waals surface area contributed by atoms with Gasteiger partial charge in [0.1, 0.15) is 0 Å². The summed E-state index contributed by atoms with van der Waals surface area (Å²) in [6, 6.07) is 4.20. The lowest BCUT2D eigenvalue weighted by Crippen LogP contribution is -2.30. The number of hydrogen-bond acceptors (Lipinski definition) is 2. The number of carbonyl (C=O) groups is 1. The van der Waals surface area contributed by atoms with Gasteiger partial charge < -0.3 is 10.6 Å². The van der Waals surface area contributed by atoms with Crippen molar-refractivity contribution >= 4 is 34.2 Å². The van der Waals surface area contributed by atoms with E-state index in [1.54, 1.807) is 6.92 Å². The highest BCUT2D eigenvalue weighted by atomic mass is 127. The topological polar surface area (TPSA) is 46.3 Å². The van der Waals surface area contributed by atoms with Gasteiger partial charge in [0.2, 0.25) is 5.91 Å². The molecule has 2 N–H and O–H groups in total. The molecule has 86 valence electrons. The number of benzene rings is 1. The van der Waals surface area contributed by atoms with E-state index in [1.807, 2.05) is 4.90 Å². The van der Waals surface area contributed by atoms with E-state index in [2.05, 4.69) is 34.7 Å². The maximum atomic E-state index is 11.3. The minimum absolute atomic E-state index is 0.162. The number of amides is 1. The summed E-state index contributed by atoms with van der Waals surface area (Å²) in [5.74, 6) is 0.162. The van der Waals surface area contributed by atoms with Gasteiger partial charge in [0.15, 0.2) is 0 Å². The van der Waals surface area contributed by atoms with Crippen LogP contribution in [0.5, 0.6) is 0 Å². The molecule has 0 bridgehead atoms. The Balaban J connectivity index is 2.27. The molecule has 2 rings (SSSR count). The van der Waals surface area contributed by atoms with E-state index in [0.717, 1.165) is 35.2 Å². The molecule has 1 aromatic carbocycles. The van der Waals surface area contributed by atoms with Gasteiger partial charge >= 0.3 is 0 Å². The summed E-state index contributed by atoms with van der Waals surface area (Å²) in [5, 5.41) is 0. The summed E-state index contributed by atoms with van der Waals surface area (Å²) in [5.41, 5.74) is 9.37. The van der Waals surface area contributed by atoms with E-state index < -0.39 is 0 Å². The largest absolute Gasteiger partial charge is 0.398 e. The van der Waals surface area contributed by atoms with Crippen molar-refractivity contribution in [3.63, 3.8) is 0 Å². The van der Waals surface area contributed by atoms with Crippen molar-refractivity contribution < 1.29 is 4.79 Å². The number of nitrogens with two attached hydrogens (primary N) is 1. The Morgan fingerprint density at radius 1 is 1.31 bits per heavy atom. The molecular weight excluding hydrogens is 315 g/mol. The van der Waals surface area contributed by atoms with Crippen LogP contribution >= 0.6 is 22.6 Å². The Kier molecular flexibility index (Phi) is 3.37. The van der Waals surface area contributed by atoms with Crippen LogP contribution < -0.4 is 5.73 Å². The van der Waals surface area contributed by atoms with E-state index >= 15 is 0 Å². The number of nitrogens with zero attached hydrogens (tertiary/aromatic N) is 1. The van der Waals surface area contributed by atoms with Crippen molar-refractivity contribution in [2.24, 2.45) is 0 Å². The number of fused-ring (bicyclic) bond motifs is 1. The van der Waals surface area contributed by atoms with E-state index in [1.165, 1.54) is 11.1 Å². The zero-order valence-corrected chi connectivity index (χ0v) is 11.5. The first kappa shape index (κ1) is 11.7. The first-order valence-corrected chi connectivity index (χ1v) is 6.48. The molecule has 4 heteroatoms. The second-order valence-corrected chi connectivity index (χ2v) is 5.31. The molecule has 0 unspecified atom stereocenters. The Labute approximate surface area is 109 Å². The monoisotopic (exact) mass is 330 g/mol. The fraction of sp³-hybridized carbons (Fsp3) is 0.417. The summed E-state index contributed by atoms with van der Waals surface area (Å²) >= 11 is 2.26. The first-order chi connectivity index (χ1) is 7.58. The van der Waals surface area contributed by atoms with Gasteiger partial charge in [-0.05, 0) is 58.7 Å². The van der Waals surface area contributed by atoms with Crippen LogP contribution in [-0.4, -0.2) is 23.9 Å². The molecule has 0 atom stereocenters. The van der Waals surface area contributed by atoms with E-state index in [0.29, 0.717) is 0 Å². The average molecular weight is 330 g/mol. The Morgan fingerprint density at radius 2 is 1.88 bits per heavy atom. The molecule has 0 aliphatic carbocycles. The van der Waals surface area contributed by atoms with E-state index in [-0.39, 0.29) is 5.91 Å². The lowest BCUT2D eigenvalue weighted by molar-refractivity contribution is -0.128. The van der Waals surface area contributed by atoms with E-state index in [4.69, 9.17) is 5.73 Å². The third kappa shape index (κ3) is 2.31. The van der Waals surface area contributed by atoms with Gasteiger partial charge in [-0.15, -0.1) is 0 Å². The molecule has 0 saturated heterocycles. The van der Waals surface area contributed by atoms with Crippen LogP contribution in [0.25, 0.3) is 0 Å². The highest BCUT2D eigenvalue weighted by molar-refractivity contribution is 14.1. The molecule has 1 aliphatic rings. The minimum Gasteiger partial charge on any atom is -0.398 e. The van der Waals surface area contributed by atoms with Gasteiger partial charge in [-0.25, -0.2) is 0 Å². The first-order valence-electron chi connectivity index (χ1n) is 5.40. The molecule has 0 saturated carbocycles. The summed E-state index contributed by atoms with van der Waals surface area (Å²) in [6.45, 7) is 3.26. The maximum Gasteiger partial charge on any atom is 0.219 e. The Hall–Kier alpha value is -0.780. The van der Waals surface area contributed by atoms with Crippen molar-refractivity contribution in [2.75, 3.05) is 18.8 Å². The third-order valence-electron chi connectivity index (χ3n) is 3.07. The molecule has 1 aliphatic heterocycles. The maximum absolute atomic E-state index is 11.3. The molecule has 1 heterocycles. The van der Waals surface area contributed by atoms with E-state index in [9.17, 15) is 4.79 Å². The number of nitrogen functional groups attached to an aromatic ring is 1. The standard InChI is InChI=1S/C12H15IN2O/c1-8(16)15-4-2-9-6-11(13)12(14)7-10(9)3-5-15/h6-7H,2-5,14H2,1H3. The predicted molar refractivity (Wildman–Crippen MR) is 73.2 cm³/mol. The van der Waals surface area contributed by atoms with Crippen LogP contribution in [0.15, 0.2) is 12.1 Å². The molecule has 0 fully saturated rings. The quantitative estimate of drug-likeness (QED) is 0.583. The molecule has 1 amide bonds. The van der Waals surface area contributed by atoms with Crippen molar-refractivity contribution in [3.8, 4) is 0 Å². The van der Waals surface area contributed by atoms with Crippen LogP contribution in [0.2, 0.25) is 0 Å². The lowest BCUT2D eigenvalue weighted by atomic mass is 10.0. The lowest BCUT2D eigenvalue weighted by Gasteiger charge is -2.17. The van der Waals surface area contributed by atoms with Crippen molar-refractivity contribution in [2.45, 2.75) is 19.8 Å². The second-order valence-electron chi connectivity index (χ2n) is 4.15. The third-order valence-corrected chi connectivity index (χ3v) is 4.00. The normalized spacial score (nSPS) is 15.5. The zero-order valence-electron chi connectivity index (χ0n) is 9.29. The van der Waals surface area contributed by atoms with Crippen molar-refractivity contribution in [3.05, 3.63) is 26.8 Å². The Bertz CT molecular complexity index is 398. The predicted octanol–water partition coefficient (Wildman–Crippen LogP) is 1.82. The number of anilines is 1. The SMILES string of the molecule is CC(=O)N1CCc2cc(N)c(I)cc2CC1. The fourth-order valence-corrected chi connectivity index (χ4v) is 2.61. The van der Waals surface area contributed by atoms with Gasteiger partial charge in [0.25, 0.3) is 0 Å². The summed E-state index contributed by atoms with van der Waals surface area (Å²) < 4.78 is 1.10. The van der Waals surface area contributed by atoms with Crippen LogP contribution in [0, 0.1) is 3.57 Å². The molecule has 0 radical (unpaired) electrons. The number of halogens is 1. The highest BCUT2D eigenvalue weighted by Gasteiger charge is 2.16. The molecule has 3 nitrogen and oxygen atoms in total. The number of carbonyl (C=O) groups excluding carboxylic acids is 1. The van der Waals surface area contributed by atoms with Gasteiger partial charge in [0.05, 0.1) is 0 Å². The summed E-state index contributed by atoms with van der Waals surface area (Å²) in [6.07, 6.45) is 1.85. The van der Waals surface area contributed by atoms with Crippen LogP contribution in [0.3, 0.4) is 0 Å². The van der Waals surface area contributed by atoms with Crippen LogP contribution in [0.4, 0.5) is 5.69 Å². The molecular formula is C12H15IN2O. The van der Waals surface area contributed by atoms with Gasteiger partial charge in [-0.3, -0.25) is 4.79 Å². The smallest absolute Gasteiger partial charge is 0.219 e. The van der Waals surface area contributed by atoms with Crippen LogP contribution in [0.1, 0.15) is 18.1 Å². The highest BCUT2D eigenvalue weighted by Crippen LogP contribution is 2.24. The summed E-state index contributed by atoms with van der Waals surface area (Å²) in [4.78, 5) is 13.2. The Morgan fingerprint density at radius 3 is 2.44 bits per heavy atom. The minimum atomic E-state index is 0.162. The molecule has 16 heavy (non-hydrogen) atoms. The molecule has 1 aromatic rings. The molecule has 0 aromatic heterocycles. The summed E-state index contributed by atoms with van der Waals surface area (Å²) in [7, 11) is 0. The number of hydrogen-bond donors (Lipinski definition) is 1. The van der Waals surface area contributed by atoms with Crippen molar-refractivity contribution in [1.82, 2.24) is 4.90 Å². The second kappa shape index (κ2) is 4.61. The molecule has 0 spiro atoms. The van der Waals surface area contributed by atoms with Gasteiger partial charge in [-0.1, -0.05) is 0 Å². The number of rotatable bonds is 0. The fourth-order valence-electron chi connectivity index (χ4n) is 2.08. The zero-order chi connectivity index (χ0) is 11.7. The van der Waals surface area contributed by atoms with Crippen molar-refractivity contribution in [1.29, 1.82) is 0 Å². The van der Waals surface area contributed by atoms with Gasteiger partial charge in [-0.2, -0.15) is 0 Å².